The van der Waals surface area contributed by atoms with Crippen molar-refractivity contribution < 1.29 is 13.2 Å². The lowest BCUT2D eigenvalue weighted by atomic mass is 10.1. The maximum absolute atomic E-state index is 12.4. The van der Waals surface area contributed by atoms with E-state index in [0.29, 0.717) is 6.54 Å². The zero-order chi connectivity index (χ0) is 20.0. The Labute approximate surface area is 165 Å². The number of pyridine rings is 1. The lowest BCUT2D eigenvalue weighted by molar-refractivity contribution is 0.410. The molecule has 3 aromatic rings. The van der Waals surface area contributed by atoms with Crippen molar-refractivity contribution in [3.63, 3.8) is 0 Å². The van der Waals surface area contributed by atoms with Gasteiger partial charge in [-0.05, 0) is 49.2 Å². The number of sulfonamides is 1. The Kier molecular flexibility index (Phi) is 6.16. The molecular formula is C21H23N3O3S. The van der Waals surface area contributed by atoms with Crippen molar-refractivity contribution in [3.8, 4) is 5.75 Å². The molecule has 28 heavy (non-hydrogen) atoms. The van der Waals surface area contributed by atoms with Crippen LogP contribution < -0.4 is 14.8 Å². The smallest absolute Gasteiger partial charge is 0.263 e. The van der Waals surface area contributed by atoms with Crippen LogP contribution >= 0.6 is 0 Å². The highest BCUT2D eigenvalue weighted by atomic mass is 32.2. The molecule has 0 bridgehead atoms. The molecule has 6 nitrogen and oxygen atoms in total. The molecule has 0 amide bonds. The Balaban J connectivity index is 1.58. The number of hydrogen-bond donors (Lipinski definition) is 2. The van der Waals surface area contributed by atoms with Gasteiger partial charge in [0.15, 0.2) is 0 Å². The highest BCUT2D eigenvalue weighted by molar-refractivity contribution is 7.92. The molecule has 0 saturated carbocycles. The van der Waals surface area contributed by atoms with E-state index in [2.05, 4.69) is 15.0 Å². The number of rotatable bonds is 8. The van der Waals surface area contributed by atoms with Crippen LogP contribution in [0.2, 0.25) is 0 Å². The molecule has 0 atom stereocenters. The van der Waals surface area contributed by atoms with Crippen LogP contribution in [0.3, 0.4) is 0 Å². The van der Waals surface area contributed by atoms with Crippen LogP contribution in [0.25, 0.3) is 0 Å². The zero-order valence-electron chi connectivity index (χ0n) is 15.8. The minimum atomic E-state index is -3.65. The fraction of sp³-hybridized carbons (Fsp3) is 0.190. The third-order valence-electron chi connectivity index (χ3n) is 4.25. The number of ether oxygens (including phenoxy) is 1. The van der Waals surface area contributed by atoms with Crippen molar-refractivity contribution in [3.05, 3.63) is 78.0 Å². The number of hydrogen-bond acceptors (Lipinski definition) is 5. The molecular weight excluding hydrogens is 374 g/mol. The fourth-order valence-corrected chi connectivity index (χ4v) is 3.73. The molecule has 7 heteroatoms. The van der Waals surface area contributed by atoms with Crippen LogP contribution in [0.4, 0.5) is 11.5 Å². The van der Waals surface area contributed by atoms with E-state index in [1.807, 2.05) is 31.2 Å². The number of para-hydroxylation sites is 1. The number of benzene rings is 2. The molecule has 0 aliphatic rings. The van der Waals surface area contributed by atoms with Gasteiger partial charge >= 0.3 is 0 Å². The van der Waals surface area contributed by atoms with Crippen molar-refractivity contribution in [2.75, 3.05) is 23.7 Å². The third kappa shape index (κ3) is 5.01. The predicted molar refractivity (Wildman–Crippen MR) is 111 cm³/mol. The normalized spacial score (nSPS) is 11.1. The second-order valence-corrected chi connectivity index (χ2v) is 8.02. The second-order valence-electron chi connectivity index (χ2n) is 6.34. The van der Waals surface area contributed by atoms with Crippen molar-refractivity contribution in [2.45, 2.75) is 18.2 Å². The zero-order valence-corrected chi connectivity index (χ0v) is 16.7. The van der Waals surface area contributed by atoms with Crippen molar-refractivity contribution in [1.82, 2.24) is 4.98 Å². The van der Waals surface area contributed by atoms with Gasteiger partial charge in [0.2, 0.25) is 0 Å². The van der Waals surface area contributed by atoms with E-state index >= 15 is 0 Å². The minimum absolute atomic E-state index is 0.207. The van der Waals surface area contributed by atoms with E-state index in [-0.39, 0.29) is 10.7 Å². The van der Waals surface area contributed by atoms with Crippen LogP contribution in [-0.4, -0.2) is 27.1 Å². The van der Waals surface area contributed by atoms with Crippen LogP contribution in [0.5, 0.6) is 5.75 Å². The number of nitrogens with zero attached hydrogens (tertiary/aromatic N) is 1. The Hall–Kier alpha value is -3.06. The molecule has 0 spiro atoms. The topological polar surface area (TPSA) is 80.3 Å². The first kappa shape index (κ1) is 19.7. The predicted octanol–water partition coefficient (Wildman–Crippen LogP) is 3.85. The third-order valence-corrected chi connectivity index (χ3v) is 5.62. The summed E-state index contributed by atoms with van der Waals surface area (Å²) in [6.07, 6.45) is 2.40. The van der Waals surface area contributed by atoms with E-state index < -0.39 is 10.0 Å². The molecule has 3 rings (SSSR count). The molecule has 0 unspecified atom stereocenters. The quantitative estimate of drug-likeness (QED) is 0.603. The maximum atomic E-state index is 12.4. The first-order valence-electron chi connectivity index (χ1n) is 8.89. The van der Waals surface area contributed by atoms with E-state index in [1.165, 1.54) is 0 Å². The van der Waals surface area contributed by atoms with Gasteiger partial charge in [0.1, 0.15) is 11.6 Å². The van der Waals surface area contributed by atoms with Crippen molar-refractivity contribution >= 4 is 21.5 Å². The Morgan fingerprint density at radius 1 is 1.00 bits per heavy atom. The summed E-state index contributed by atoms with van der Waals surface area (Å²) in [7, 11) is -1.99. The van der Waals surface area contributed by atoms with E-state index in [0.717, 1.165) is 29.0 Å². The van der Waals surface area contributed by atoms with Gasteiger partial charge in [0, 0.05) is 6.54 Å². The summed E-state index contributed by atoms with van der Waals surface area (Å²) in [6.45, 7) is 2.61. The summed E-state index contributed by atoms with van der Waals surface area (Å²) in [4.78, 5) is 4.40. The van der Waals surface area contributed by atoms with Gasteiger partial charge in [0.05, 0.1) is 23.9 Å². The summed E-state index contributed by atoms with van der Waals surface area (Å²) in [6, 6.07) is 18.0. The molecule has 0 fully saturated rings. The standard InChI is InChI=1S/C21H23N3O3S/c1-16-7-10-19(11-8-16)28(25,26)24-21-12-9-18(15-23-21)22-14-13-17-5-3-4-6-20(17)27-2/h3-12,15,22H,13-14H2,1-2H3,(H,23,24). The average molecular weight is 398 g/mol. The number of methoxy groups -OCH3 is 1. The molecule has 1 aromatic heterocycles. The summed E-state index contributed by atoms with van der Waals surface area (Å²) in [5.74, 6) is 1.14. The van der Waals surface area contributed by atoms with E-state index in [1.54, 1.807) is 49.7 Å². The number of aryl methyl sites for hydroxylation is 1. The summed E-state index contributed by atoms with van der Waals surface area (Å²) in [5.41, 5.74) is 2.93. The van der Waals surface area contributed by atoms with Crippen LogP contribution in [0, 0.1) is 6.92 Å². The summed E-state index contributed by atoms with van der Waals surface area (Å²) in [5, 5.41) is 3.28. The minimum Gasteiger partial charge on any atom is -0.496 e. The number of nitrogens with one attached hydrogen (secondary N) is 2. The largest absolute Gasteiger partial charge is 0.496 e. The molecule has 0 saturated heterocycles. The van der Waals surface area contributed by atoms with Crippen LogP contribution in [0.15, 0.2) is 71.8 Å². The summed E-state index contributed by atoms with van der Waals surface area (Å²) < 4.78 is 32.7. The monoisotopic (exact) mass is 397 g/mol. The first-order chi connectivity index (χ1) is 13.5. The first-order valence-corrected chi connectivity index (χ1v) is 10.4. The lowest BCUT2D eigenvalue weighted by Gasteiger charge is -2.11. The van der Waals surface area contributed by atoms with Gasteiger partial charge in [-0.15, -0.1) is 0 Å². The van der Waals surface area contributed by atoms with E-state index in [9.17, 15) is 8.42 Å². The van der Waals surface area contributed by atoms with Crippen LogP contribution in [-0.2, 0) is 16.4 Å². The number of aromatic nitrogens is 1. The van der Waals surface area contributed by atoms with Gasteiger partial charge in [-0.1, -0.05) is 35.9 Å². The fourth-order valence-electron chi connectivity index (χ4n) is 2.72. The van der Waals surface area contributed by atoms with Gasteiger partial charge in [-0.25, -0.2) is 13.4 Å². The Morgan fingerprint density at radius 2 is 1.75 bits per heavy atom. The molecule has 1 heterocycles. The molecule has 146 valence electrons. The highest BCUT2D eigenvalue weighted by Gasteiger charge is 2.14. The molecule has 2 aromatic carbocycles. The number of anilines is 2. The van der Waals surface area contributed by atoms with Crippen molar-refractivity contribution in [2.24, 2.45) is 0 Å². The molecule has 2 N–H and O–H groups in total. The highest BCUT2D eigenvalue weighted by Crippen LogP contribution is 2.19. The van der Waals surface area contributed by atoms with Gasteiger partial charge in [0.25, 0.3) is 10.0 Å². The van der Waals surface area contributed by atoms with Gasteiger partial charge in [-0.3, -0.25) is 4.72 Å². The second kappa shape index (κ2) is 8.75. The van der Waals surface area contributed by atoms with Gasteiger partial charge in [-0.2, -0.15) is 0 Å². The van der Waals surface area contributed by atoms with E-state index in [4.69, 9.17) is 4.74 Å². The molecule has 0 radical (unpaired) electrons. The van der Waals surface area contributed by atoms with Gasteiger partial charge < -0.3 is 10.1 Å². The summed E-state index contributed by atoms with van der Waals surface area (Å²) >= 11 is 0. The molecule has 0 aliphatic heterocycles. The van der Waals surface area contributed by atoms with Crippen molar-refractivity contribution in [1.29, 1.82) is 0 Å². The Bertz CT molecular complexity index is 1020. The van der Waals surface area contributed by atoms with Crippen LogP contribution in [0.1, 0.15) is 11.1 Å². The maximum Gasteiger partial charge on any atom is 0.263 e. The lowest BCUT2D eigenvalue weighted by Crippen LogP contribution is -2.14. The molecule has 0 aliphatic carbocycles. The average Bonchev–Trinajstić information content (AvgIpc) is 2.70. The Morgan fingerprint density at radius 3 is 2.43 bits per heavy atom. The SMILES string of the molecule is COc1ccccc1CCNc1ccc(NS(=O)(=O)c2ccc(C)cc2)nc1.